The number of carbonyl (C=O) groups excluding carboxylic acids is 2. The van der Waals surface area contributed by atoms with Gasteiger partial charge in [0.1, 0.15) is 5.60 Å². The van der Waals surface area contributed by atoms with Crippen molar-refractivity contribution in [3.63, 3.8) is 0 Å². The predicted molar refractivity (Wildman–Crippen MR) is 85.1 cm³/mol. The van der Waals surface area contributed by atoms with E-state index in [1.165, 1.54) is 0 Å². The van der Waals surface area contributed by atoms with Gasteiger partial charge >= 0.3 is 12.1 Å². The Morgan fingerprint density at radius 1 is 1.17 bits per heavy atom. The Morgan fingerprint density at radius 2 is 1.74 bits per heavy atom. The number of carboxylic acid groups (broad SMARTS) is 1. The van der Waals surface area contributed by atoms with Crippen LogP contribution in [0, 0.1) is 0 Å². The third kappa shape index (κ3) is 6.88. The molecule has 1 rings (SSSR count). The summed E-state index contributed by atoms with van der Waals surface area (Å²) in [4.78, 5) is 37.9. The predicted octanol–water partition coefficient (Wildman–Crippen LogP) is 2.10. The summed E-state index contributed by atoms with van der Waals surface area (Å²) in [7, 11) is 1.75. The molecule has 23 heavy (non-hydrogen) atoms. The van der Waals surface area contributed by atoms with Crippen molar-refractivity contribution in [1.82, 2.24) is 9.80 Å². The van der Waals surface area contributed by atoms with Crippen molar-refractivity contribution in [3.05, 3.63) is 0 Å². The third-order valence-corrected chi connectivity index (χ3v) is 3.84. The number of carbonyl (C=O) groups is 3. The molecule has 132 valence electrons. The van der Waals surface area contributed by atoms with Crippen LogP contribution in [0.2, 0.25) is 0 Å². The van der Waals surface area contributed by atoms with Crippen molar-refractivity contribution in [3.8, 4) is 0 Å². The maximum absolute atomic E-state index is 12.1. The van der Waals surface area contributed by atoms with Gasteiger partial charge in [0.15, 0.2) is 0 Å². The van der Waals surface area contributed by atoms with Crippen LogP contribution in [-0.2, 0) is 14.3 Å². The molecule has 1 aliphatic heterocycles. The molecular formula is C16H28N2O5. The molecule has 1 saturated heterocycles. The molecule has 1 fully saturated rings. The molecule has 7 nitrogen and oxygen atoms in total. The molecular weight excluding hydrogens is 300 g/mol. The monoisotopic (exact) mass is 328 g/mol. The number of likely N-dealkylation sites (tertiary alicyclic amines) is 1. The van der Waals surface area contributed by atoms with Gasteiger partial charge in [0.2, 0.25) is 5.91 Å². The number of amides is 2. The van der Waals surface area contributed by atoms with Crippen molar-refractivity contribution >= 4 is 18.0 Å². The van der Waals surface area contributed by atoms with Crippen LogP contribution in [0.3, 0.4) is 0 Å². The molecule has 1 aliphatic rings. The van der Waals surface area contributed by atoms with Crippen LogP contribution in [0.1, 0.15) is 52.9 Å². The van der Waals surface area contributed by atoms with Gasteiger partial charge in [-0.1, -0.05) is 0 Å². The fraction of sp³-hybridized carbons (Fsp3) is 0.812. The molecule has 0 bridgehead atoms. The summed E-state index contributed by atoms with van der Waals surface area (Å²) in [5.74, 6) is -0.923. The van der Waals surface area contributed by atoms with Crippen LogP contribution in [0.4, 0.5) is 4.79 Å². The maximum atomic E-state index is 12.1. The SMILES string of the molecule is CN(C(=O)CCCC(=O)O)C1CCN(C(=O)OC(C)(C)C)CC1. The van der Waals surface area contributed by atoms with E-state index in [0.29, 0.717) is 32.4 Å². The summed E-state index contributed by atoms with van der Waals surface area (Å²) in [6, 6.07) is 0.0889. The van der Waals surface area contributed by atoms with Gasteiger partial charge in [0, 0.05) is 39.0 Å². The van der Waals surface area contributed by atoms with Crippen LogP contribution in [0.5, 0.6) is 0 Å². The zero-order chi connectivity index (χ0) is 17.6. The van der Waals surface area contributed by atoms with Crippen LogP contribution >= 0.6 is 0 Å². The van der Waals surface area contributed by atoms with E-state index in [2.05, 4.69) is 0 Å². The van der Waals surface area contributed by atoms with Crippen molar-refractivity contribution < 1.29 is 24.2 Å². The number of hydrogen-bond donors (Lipinski definition) is 1. The highest BCUT2D eigenvalue weighted by Crippen LogP contribution is 2.19. The summed E-state index contributed by atoms with van der Waals surface area (Å²) in [5, 5.41) is 8.60. The quantitative estimate of drug-likeness (QED) is 0.835. The minimum Gasteiger partial charge on any atom is -0.481 e. The highest BCUT2D eigenvalue weighted by Gasteiger charge is 2.29. The molecule has 1 heterocycles. The highest BCUT2D eigenvalue weighted by molar-refractivity contribution is 5.77. The second kappa shape index (κ2) is 8.17. The number of piperidine rings is 1. The average Bonchev–Trinajstić information content (AvgIpc) is 2.44. The molecule has 0 aromatic carbocycles. The van der Waals surface area contributed by atoms with Crippen LogP contribution in [0.15, 0.2) is 0 Å². The molecule has 0 saturated carbocycles. The Kier molecular flexibility index (Phi) is 6.84. The number of rotatable bonds is 5. The molecule has 0 aromatic heterocycles. The smallest absolute Gasteiger partial charge is 0.410 e. The van der Waals surface area contributed by atoms with Gasteiger partial charge in [-0.2, -0.15) is 0 Å². The first kappa shape index (κ1) is 19.3. The van der Waals surface area contributed by atoms with E-state index in [4.69, 9.17) is 9.84 Å². The fourth-order valence-corrected chi connectivity index (χ4v) is 2.53. The first-order valence-electron chi connectivity index (χ1n) is 8.05. The molecule has 0 aliphatic carbocycles. The van der Waals surface area contributed by atoms with Crippen molar-refractivity contribution in [2.75, 3.05) is 20.1 Å². The van der Waals surface area contributed by atoms with Gasteiger partial charge in [-0.3, -0.25) is 9.59 Å². The highest BCUT2D eigenvalue weighted by atomic mass is 16.6. The first-order valence-corrected chi connectivity index (χ1v) is 8.05. The molecule has 1 N–H and O–H groups in total. The lowest BCUT2D eigenvalue weighted by Gasteiger charge is -2.37. The van der Waals surface area contributed by atoms with Gasteiger partial charge in [0.25, 0.3) is 0 Å². The van der Waals surface area contributed by atoms with Crippen LogP contribution < -0.4 is 0 Å². The number of aliphatic carboxylic acids is 1. The summed E-state index contributed by atoms with van der Waals surface area (Å²) in [6.07, 6.45) is 1.72. The standard InChI is InChI=1S/C16H28N2O5/c1-16(2,3)23-15(22)18-10-8-12(9-11-18)17(4)13(19)6-5-7-14(20)21/h12H,5-11H2,1-4H3,(H,20,21). The Bertz CT molecular complexity index is 436. The Morgan fingerprint density at radius 3 is 2.22 bits per heavy atom. The lowest BCUT2D eigenvalue weighted by atomic mass is 10.0. The molecule has 0 spiro atoms. The van der Waals surface area contributed by atoms with Crippen molar-refractivity contribution in [2.24, 2.45) is 0 Å². The van der Waals surface area contributed by atoms with Crippen LogP contribution in [0.25, 0.3) is 0 Å². The lowest BCUT2D eigenvalue weighted by Crippen LogP contribution is -2.48. The summed E-state index contributed by atoms with van der Waals surface area (Å²) >= 11 is 0. The average molecular weight is 328 g/mol. The molecule has 0 atom stereocenters. The largest absolute Gasteiger partial charge is 0.481 e. The normalized spacial score (nSPS) is 16.1. The summed E-state index contributed by atoms with van der Waals surface area (Å²) in [6.45, 7) is 6.63. The number of ether oxygens (including phenoxy) is 1. The van der Waals surface area contributed by atoms with Gasteiger partial charge in [-0.25, -0.2) is 4.79 Å². The van der Waals surface area contributed by atoms with Crippen molar-refractivity contribution in [1.29, 1.82) is 0 Å². The third-order valence-electron chi connectivity index (χ3n) is 3.84. The second-order valence-electron chi connectivity index (χ2n) is 6.95. The fourth-order valence-electron chi connectivity index (χ4n) is 2.53. The molecule has 0 aromatic rings. The zero-order valence-corrected chi connectivity index (χ0v) is 14.5. The molecule has 2 amide bonds. The van der Waals surface area contributed by atoms with Crippen molar-refractivity contribution in [2.45, 2.75) is 64.5 Å². The first-order chi connectivity index (χ1) is 10.6. The van der Waals surface area contributed by atoms with Crippen LogP contribution in [-0.4, -0.2) is 64.7 Å². The zero-order valence-electron chi connectivity index (χ0n) is 14.5. The topological polar surface area (TPSA) is 87.2 Å². The van der Waals surface area contributed by atoms with E-state index in [0.717, 1.165) is 0 Å². The Hall–Kier alpha value is -1.79. The summed E-state index contributed by atoms with van der Waals surface area (Å²) < 4.78 is 5.35. The minimum absolute atomic E-state index is 0.0106. The second-order valence-corrected chi connectivity index (χ2v) is 6.95. The maximum Gasteiger partial charge on any atom is 0.410 e. The van der Waals surface area contributed by atoms with E-state index < -0.39 is 11.6 Å². The van der Waals surface area contributed by atoms with E-state index in [9.17, 15) is 14.4 Å². The van der Waals surface area contributed by atoms with Gasteiger partial charge in [-0.15, -0.1) is 0 Å². The van der Waals surface area contributed by atoms with E-state index in [1.807, 2.05) is 20.8 Å². The number of hydrogen-bond acceptors (Lipinski definition) is 4. The number of nitrogens with zero attached hydrogens (tertiary/aromatic N) is 2. The van der Waals surface area contributed by atoms with E-state index >= 15 is 0 Å². The van der Waals surface area contributed by atoms with Gasteiger partial charge in [-0.05, 0) is 40.0 Å². The lowest BCUT2D eigenvalue weighted by molar-refractivity contribution is -0.137. The molecule has 7 heteroatoms. The molecule has 0 unspecified atom stereocenters. The van der Waals surface area contributed by atoms with Gasteiger partial charge < -0.3 is 19.6 Å². The molecule has 0 radical (unpaired) electrons. The number of carboxylic acids is 1. The minimum atomic E-state index is -0.883. The Balaban J connectivity index is 2.38. The van der Waals surface area contributed by atoms with E-state index in [-0.39, 0.29) is 30.9 Å². The van der Waals surface area contributed by atoms with Gasteiger partial charge in [0.05, 0.1) is 0 Å². The summed E-state index contributed by atoms with van der Waals surface area (Å²) in [5.41, 5.74) is -0.509. The van der Waals surface area contributed by atoms with E-state index in [1.54, 1.807) is 16.8 Å². The Labute approximate surface area is 137 Å².